The van der Waals surface area contributed by atoms with Crippen molar-refractivity contribution in [3.05, 3.63) is 0 Å². The van der Waals surface area contributed by atoms with Gasteiger partial charge in [0.25, 0.3) is 0 Å². The van der Waals surface area contributed by atoms with E-state index in [0.717, 1.165) is 19.1 Å². The third-order valence-electron chi connectivity index (χ3n) is 3.26. The average Bonchev–Trinajstić information content (AvgIpc) is 2.27. The van der Waals surface area contributed by atoms with Gasteiger partial charge >= 0.3 is 0 Å². The zero-order chi connectivity index (χ0) is 11.1. The highest BCUT2D eigenvalue weighted by Crippen LogP contribution is 2.12. The summed E-state index contributed by atoms with van der Waals surface area (Å²) in [5, 5.41) is 3.46. The maximum absolute atomic E-state index is 5.45. The van der Waals surface area contributed by atoms with E-state index in [2.05, 4.69) is 31.1 Å². The number of rotatable bonds is 6. The lowest BCUT2D eigenvalue weighted by molar-refractivity contribution is 0.0762. The molecule has 0 aliphatic carbocycles. The molecule has 0 amide bonds. The Morgan fingerprint density at radius 3 is 2.93 bits per heavy atom. The quantitative estimate of drug-likeness (QED) is 0.722. The predicted molar refractivity (Wildman–Crippen MR) is 64.2 cm³/mol. The maximum atomic E-state index is 5.45. The number of likely N-dealkylation sites (N-methyl/N-ethyl adjacent to an activating group) is 1. The minimum Gasteiger partial charge on any atom is -0.380 e. The van der Waals surface area contributed by atoms with Crippen molar-refractivity contribution < 1.29 is 4.74 Å². The van der Waals surface area contributed by atoms with E-state index in [4.69, 9.17) is 4.74 Å². The van der Waals surface area contributed by atoms with Crippen LogP contribution in [0.5, 0.6) is 0 Å². The third kappa shape index (κ3) is 4.96. The molecule has 1 aliphatic heterocycles. The second kappa shape index (κ2) is 7.20. The average molecular weight is 214 g/mol. The zero-order valence-electron chi connectivity index (χ0n) is 10.5. The Labute approximate surface area is 94.2 Å². The topological polar surface area (TPSA) is 24.5 Å². The van der Waals surface area contributed by atoms with Crippen LogP contribution in [0.15, 0.2) is 0 Å². The Hall–Kier alpha value is -0.120. The van der Waals surface area contributed by atoms with E-state index in [1.54, 1.807) is 0 Å². The predicted octanol–water partition coefficient (Wildman–Crippen LogP) is 1.34. The Balaban J connectivity index is 2.17. The molecular formula is C12H26N2O. The van der Waals surface area contributed by atoms with Gasteiger partial charge in [-0.05, 0) is 52.7 Å². The number of hydrogen-bond acceptors (Lipinski definition) is 3. The highest BCUT2D eigenvalue weighted by molar-refractivity contribution is 4.74. The van der Waals surface area contributed by atoms with E-state index >= 15 is 0 Å². The van der Waals surface area contributed by atoms with Crippen molar-refractivity contribution >= 4 is 0 Å². The number of nitrogens with one attached hydrogen (secondary N) is 1. The summed E-state index contributed by atoms with van der Waals surface area (Å²) in [6.07, 6.45) is 2.71. The van der Waals surface area contributed by atoms with Crippen molar-refractivity contribution in [1.82, 2.24) is 10.2 Å². The summed E-state index contributed by atoms with van der Waals surface area (Å²) in [7, 11) is 2.21. The molecule has 0 bridgehead atoms. The van der Waals surface area contributed by atoms with Crippen LogP contribution in [0.1, 0.15) is 26.7 Å². The van der Waals surface area contributed by atoms with E-state index in [9.17, 15) is 0 Å². The minimum absolute atomic E-state index is 0.534. The van der Waals surface area contributed by atoms with Crippen molar-refractivity contribution in [3.8, 4) is 0 Å². The van der Waals surface area contributed by atoms with Gasteiger partial charge in [0.15, 0.2) is 0 Å². The van der Waals surface area contributed by atoms with E-state index < -0.39 is 0 Å². The van der Waals surface area contributed by atoms with Crippen molar-refractivity contribution in [2.75, 3.05) is 39.9 Å². The summed E-state index contributed by atoms with van der Waals surface area (Å²) in [5.74, 6) is 0.827. The van der Waals surface area contributed by atoms with E-state index in [1.807, 2.05) is 0 Å². The number of ether oxygens (including phenoxy) is 1. The fourth-order valence-electron chi connectivity index (χ4n) is 2.08. The summed E-state index contributed by atoms with van der Waals surface area (Å²) in [6.45, 7) is 9.56. The summed E-state index contributed by atoms with van der Waals surface area (Å²) in [4.78, 5) is 2.42. The molecule has 0 radical (unpaired) electrons. The molecule has 1 N–H and O–H groups in total. The number of hydrogen-bond donors (Lipinski definition) is 1. The lowest BCUT2D eigenvalue weighted by Crippen LogP contribution is -2.41. The SMILES string of the molecule is CCOCC(C)N(C)CC1CCCNC1. The fraction of sp³-hybridized carbons (Fsp3) is 1.00. The van der Waals surface area contributed by atoms with Crippen molar-refractivity contribution in [2.45, 2.75) is 32.7 Å². The Morgan fingerprint density at radius 1 is 1.53 bits per heavy atom. The molecular weight excluding hydrogens is 188 g/mol. The molecule has 3 heteroatoms. The van der Waals surface area contributed by atoms with Crippen LogP contribution in [-0.4, -0.2) is 50.8 Å². The highest BCUT2D eigenvalue weighted by Gasteiger charge is 2.17. The first kappa shape index (κ1) is 12.9. The first-order valence-corrected chi connectivity index (χ1v) is 6.22. The molecule has 1 aliphatic rings. The molecule has 1 heterocycles. The van der Waals surface area contributed by atoms with Gasteiger partial charge in [-0.1, -0.05) is 0 Å². The zero-order valence-corrected chi connectivity index (χ0v) is 10.5. The Bertz CT molecular complexity index is 158. The normalized spacial score (nSPS) is 24.4. The Kier molecular flexibility index (Phi) is 6.22. The van der Waals surface area contributed by atoms with E-state index in [-0.39, 0.29) is 0 Å². The molecule has 0 aromatic rings. The second-order valence-corrected chi connectivity index (χ2v) is 4.66. The van der Waals surface area contributed by atoms with Crippen molar-refractivity contribution in [2.24, 2.45) is 5.92 Å². The van der Waals surface area contributed by atoms with Crippen LogP contribution in [-0.2, 0) is 4.74 Å². The molecule has 3 nitrogen and oxygen atoms in total. The van der Waals surface area contributed by atoms with Crippen LogP contribution >= 0.6 is 0 Å². The molecule has 15 heavy (non-hydrogen) atoms. The second-order valence-electron chi connectivity index (χ2n) is 4.66. The molecule has 0 aromatic carbocycles. The largest absolute Gasteiger partial charge is 0.380 e. The first-order valence-electron chi connectivity index (χ1n) is 6.22. The van der Waals surface area contributed by atoms with Gasteiger partial charge in [0.1, 0.15) is 0 Å². The van der Waals surface area contributed by atoms with Gasteiger partial charge in [0, 0.05) is 19.2 Å². The first-order chi connectivity index (χ1) is 7.24. The van der Waals surface area contributed by atoms with Crippen LogP contribution < -0.4 is 5.32 Å². The van der Waals surface area contributed by atoms with Crippen LogP contribution in [0.3, 0.4) is 0 Å². The molecule has 0 spiro atoms. The van der Waals surface area contributed by atoms with Crippen molar-refractivity contribution in [3.63, 3.8) is 0 Å². The minimum atomic E-state index is 0.534. The van der Waals surface area contributed by atoms with Gasteiger partial charge in [-0.25, -0.2) is 0 Å². The number of nitrogens with zero attached hydrogens (tertiary/aromatic N) is 1. The van der Waals surface area contributed by atoms with Gasteiger partial charge in [-0.15, -0.1) is 0 Å². The lowest BCUT2D eigenvalue weighted by Gasteiger charge is -2.31. The molecule has 0 saturated carbocycles. The lowest BCUT2D eigenvalue weighted by atomic mass is 9.99. The molecule has 1 rings (SSSR count). The summed E-state index contributed by atoms with van der Waals surface area (Å²) >= 11 is 0. The van der Waals surface area contributed by atoms with Crippen molar-refractivity contribution in [1.29, 1.82) is 0 Å². The van der Waals surface area contributed by atoms with Crippen LogP contribution in [0.25, 0.3) is 0 Å². The fourth-order valence-corrected chi connectivity index (χ4v) is 2.08. The summed E-state index contributed by atoms with van der Waals surface area (Å²) in [6, 6.07) is 0.534. The maximum Gasteiger partial charge on any atom is 0.0618 e. The highest BCUT2D eigenvalue weighted by atomic mass is 16.5. The van der Waals surface area contributed by atoms with E-state index in [0.29, 0.717) is 6.04 Å². The Morgan fingerprint density at radius 2 is 2.33 bits per heavy atom. The monoisotopic (exact) mass is 214 g/mol. The van der Waals surface area contributed by atoms with Gasteiger partial charge in [0.05, 0.1) is 6.61 Å². The summed E-state index contributed by atoms with van der Waals surface area (Å²) in [5.41, 5.74) is 0. The standard InChI is InChI=1S/C12H26N2O/c1-4-15-10-11(2)14(3)9-12-6-5-7-13-8-12/h11-13H,4-10H2,1-3H3. The molecule has 2 atom stereocenters. The molecule has 1 saturated heterocycles. The van der Waals surface area contributed by atoms with Crippen LogP contribution in [0, 0.1) is 5.92 Å². The summed E-state index contributed by atoms with van der Waals surface area (Å²) < 4.78 is 5.45. The van der Waals surface area contributed by atoms with Crippen LogP contribution in [0.4, 0.5) is 0 Å². The van der Waals surface area contributed by atoms with Gasteiger partial charge in [0.2, 0.25) is 0 Å². The van der Waals surface area contributed by atoms with Gasteiger partial charge < -0.3 is 15.0 Å². The molecule has 90 valence electrons. The van der Waals surface area contributed by atoms with Gasteiger partial charge in [-0.3, -0.25) is 0 Å². The van der Waals surface area contributed by atoms with Crippen LogP contribution in [0.2, 0.25) is 0 Å². The molecule has 1 fully saturated rings. The number of piperidine rings is 1. The van der Waals surface area contributed by atoms with Gasteiger partial charge in [-0.2, -0.15) is 0 Å². The molecule has 0 aromatic heterocycles. The molecule has 2 unspecified atom stereocenters. The third-order valence-corrected chi connectivity index (χ3v) is 3.26. The van der Waals surface area contributed by atoms with E-state index in [1.165, 1.54) is 32.5 Å². The smallest absolute Gasteiger partial charge is 0.0618 e.